The van der Waals surface area contributed by atoms with Crippen molar-refractivity contribution in [3.8, 4) is 0 Å². The quantitative estimate of drug-likeness (QED) is 0.585. The maximum atomic E-state index is 9.94. The minimum absolute atomic E-state index is 0.127. The molecule has 0 spiro atoms. The van der Waals surface area contributed by atoms with Gasteiger partial charge in [-0.1, -0.05) is 6.42 Å². The van der Waals surface area contributed by atoms with Gasteiger partial charge in [0.1, 0.15) is 0 Å². The van der Waals surface area contributed by atoms with Crippen LogP contribution in [0.4, 0.5) is 0 Å². The predicted molar refractivity (Wildman–Crippen MR) is 81.2 cm³/mol. The van der Waals surface area contributed by atoms with Crippen molar-refractivity contribution < 1.29 is 9.84 Å². The van der Waals surface area contributed by atoms with E-state index in [9.17, 15) is 5.11 Å². The monoisotopic (exact) mass is 293 g/mol. The summed E-state index contributed by atoms with van der Waals surface area (Å²) in [4.78, 5) is 6.87. The number of nitrogens with one attached hydrogen (secondary N) is 1. The predicted octanol–water partition coefficient (Wildman–Crippen LogP) is 0.832. The van der Waals surface area contributed by atoms with Crippen LogP contribution in [-0.2, 0) is 4.74 Å². The molecule has 0 radical (unpaired) electrons. The molecule has 2 bridgehead atoms. The number of likely N-dealkylation sites (tertiary alicyclic amines) is 1. The van der Waals surface area contributed by atoms with Gasteiger partial charge in [0.05, 0.1) is 18.3 Å². The summed E-state index contributed by atoms with van der Waals surface area (Å²) >= 11 is 0. The molecule has 3 heterocycles. The maximum absolute atomic E-state index is 9.94. The Bertz CT molecular complexity index is 410. The van der Waals surface area contributed by atoms with Crippen LogP contribution in [0.2, 0.25) is 0 Å². The summed E-state index contributed by atoms with van der Waals surface area (Å²) in [5.41, 5.74) is 0. The Morgan fingerprint density at radius 2 is 1.90 bits per heavy atom. The Labute approximate surface area is 126 Å². The fourth-order valence-corrected chi connectivity index (χ4v) is 4.94. The van der Waals surface area contributed by atoms with Crippen LogP contribution in [0, 0.1) is 17.8 Å². The number of hydrogen-bond donors (Lipinski definition) is 2. The molecule has 1 saturated carbocycles. The van der Waals surface area contributed by atoms with Gasteiger partial charge in [-0.05, 0) is 25.7 Å². The third kappa shape index (κ3) is 2.34. The second kappa shape index (κ2) is 5.43. The molecule has 4 fully saturated rings. The number of ether oxygens (including phenoxy) is 1. The lowest BCUT2D eigenvalue weighted by molar-refractivity contribution is 0.0766. The van der Waals surface area contributed by atoms with Crippen molar-refractivity contribution >= 4 is 5.96 Å². The molecule has 118 valence electrons. The van der Waals surface area contributed by atoms with Gasteiger partial charge >= 0.3 is 0 Å². The number of aliphatic hydroxyl groups is 1. The molecule has 6 unspecified atom stereocenters. The van der Waals surface area contributed by atoms with Crippen molar-refractivity contribution in [1.29, 1.82) is 0 Å². The van der Waals surface area contributed by atoms with Gasteiger partial charge in [-0.25, -0.2) is 0 Å². The number of guanidine groups is 1. The summed E-state index contributed by atoms with van der Waals surface area (Å²) in [5, 5.41) is 13.4. The first-order valence-electron chi connectivity index (χ1n) is 8.55. The zero-order valence-corrected chi connectivity index (χ0v) is 12.9. The lowest BCUT2D eigenvalue weighted by Crippen LogP contribution is -2.43. The lowest BCUT2D eigenvalue weighted by atomic mass is 9.82. The van der Waals surface area contributed by atoms with Crippen molar-refractivity contribution in [2.75, 3.05) is 26.7 Å². The van der Waals surface area contributed by atoms with Gasteiger partial charge in [-0.2, -0.15) is 0 Å². The van der Waals surface area contributed by atoms with Crippen LogP contribution >= 0.6 is 0 Å². The number of fused-ring (bicyclic) bond motifs is 5. The van der Waals surface area contributed by atoms with Gasteiger partial charge in [0.25, 0.3) is 0 Å². The standard InChI is InChI=1S/C16H27N3O2/c1-17-16(18-7-10-3-2-4-13(10)20)19-8-11-12(9-19)15-6-5-14(11)21-15/h10-15,20H,2-9H2,1H3,(H,17,18). The molecule has 3 saturated heterocycles. The molecular weight excluding hydrogens is 266 g/mol. The van der Waals surface area contributed by atoms with E-state index in [1.54, 1.807) is 0 Å². The van der Waals surface area contributed by atoms with Gasteiger partial charge in [-0.15, -0.1) is 0 Å². The van der Waals surface area contributed by atoms with E-state index in [0.29, 0.717) is 30.0 Å². The number of rotatable bonds is 2. The molecule has 6 atom stereocenters. The number of aliphatic hydroxyl groups excluding tert-OH is 1. The van der Waals surface area contributed by atoms with Crippen LogP contribution in [0.5, 0.6) is 0 Å². The molecule has 4 rings (SSSR count). The largest absolute Gasteiger partial charge is 0.393 e. The van der Waals surface area contributed by atoms with Crippen molar-refractivity contribution in [3.63, 3.8) is 0 Å². The number of aliphatic imine (C=N–C) groups is 1. The van der Waals surface area contributed by atoms with Crippen molar-refractivity contribution in [3.05, 3.63) is 0 Å². The van der Waals surface area contributed by atoms with E-state index in [-0.39, 0.29) is 6.10 Å². The molecule has 2 N–H and O–H groups in total. The highest BCUT2D eigenvalue weighted by atomic mass is 16.5. The smallest absolute Gasteiger partial charge is 0.193 e. The van der Waals surface area contributed by atoms with Crippen molar-refractivity contribution in [2.24, 2.45) is 22.7 Å². The Kier molecular flexibility index (Phi) is 3.58. The fourth-order valence-electron chi connectivity index (χ4n) is 4.94. The Morgan fingerprint density at radius 3 is 2.48 bits per heavy atom. The van der Waals surface area contributed by atoms with E-state index in [4.69, 9.17) is 4.74 Å². The number of nitrogens with zero attached hydrogens (tertiary/aromatic N) is 2. The molecule has 0 amide bonds. The lowest BCUT2D eigenvalue weighted by Gasteiger charge is -2.25. The average Bonchev–Trinajstić information content (AvgIpc) is 3.20. The second-order valence-electron chi connectivity index (χ2n) is 7.21. The minimum atomic E-state index is -0.127. The summed E-state index contributed by atoms with van der Waals surface area (Å²) in [6.45, 7) is 3.01. The van der Waals surface area contributed by atoms with Gasteiger partial charge < -0.3 is 20.1 Å². The maximum Gasteiger partial charge on any atom is 0.193 e. The van der Waals surface area contributed by atoms with Crippen LogP contribution in [-0.4, -0.2) is 61.0 Å². The first-order chi connectivity index (χ1) is 10.3. The van der Waals surface area contributed by atoms with E-state index in [1.807, 2.05) is 7.05 Å². The van der Waals surface area contributed by atoms with E-state index in [2.05, 4.69) is 15.2 Å². The normalized spacial score (nSPS) is 45.4. The third-order valence-electron chi connectivity index (χ3n) is 6.11. The first kappa shape index (κ1) is 13.8. The summed E-state index contributed by atoms with van der Waals surface area (Å²) < 4.78 is 6.04. The SMILES string of the molecule is CN=C(NCC1CCCC1O)N1CC2C3CCC(O3)C2C1. The highest BCUT2D eigenvalue weighted by Crippen LogP contribution is 2.47. The molecule has 4 aliphatic rings. The molecule has 0 aromatic heterocycles. The summed E-state index contributed by atoms with van der Waals surface area (Å²) in [6.07, 6.45) is 6.62. The zero-order valence-electron chi connectivity index (χ0n) is 12.9. The van der Waals surface area contributed by atoms with Gasteiger partial charge in [0.15, 0.2) is 5.96 Å². The molecule has 3 aliphatic heterocycles. The van der Waals surface area contributed by atoms with Crippen LogP contribution in [0.3, 0.4) is 0 Å². The van der Waals surface area contributed by atoms with E-state index < -0.39 is 0 Å². The topological polar surface area (TPSA) is 57.1 Å². The van der Waals surface area contributed by atoms with Crippen molar-refractivity contribution in [2.45, 2.75) is 50.4 Å². The summed E-state index contributed by atoms with van der Waals surface area (Å²) in [5.74, 6) is 2.82. The van der Waals surface area contributed by atoms with Crippen LogP contribution in [0.25, 0.3) is 0 Å². The first-order valence-corrected chi connectivity index (χ1v) is 8.55. The zero-order chi connectivity index (χ0) is 14.4. The molecule has 5 heteroatoms. The molecule has 0 aromatic carbocycles. The van der Waals surface area contributed by atoms with E-state index >= 15 is 0 Å². The molecule has 1 aliphatic carbocycles. The van der Waals surface area contributed by atoms with E-state index in [1.165, 1.54) is 12.8 Å². The second-order valence-corrected chi connectivity index (χ2v) is 7.21. The summed E-state index contributed by atoms with van der Waals surface area (Å²) in [6, 6.07) is 0. The molecule has 0 aromatic rings. The van der Waals surface area contributed by atoms with Gasteiger partial charge in [-0.3, -0.25) is 4.99 Å². The highest BCUT2D eigenvalue weighted by molar-refractivity contribution is 5.80. The Morgan fingerprint density at radius 1 is 1.19 bits per heavy atom. The molecule has 5 nitrogen and oxygen atoms in total. The van der Waals surface area contributed by atoms with Gasteiger partial charge in [0, 0.05) is 44.4 Å². The van der Waals surface area contributed by atoms with Crippen molar-refractivity contribution in [1.82, 2.24) is 10.2 Å². The summed E-state index contributed by atoms with van der Waals surface area (Å²) in [7, 11) is 1.87. The Balaban J connectivity index is 1.35. The fraction of sp³-hybridized carbons (Fsp3) is 0.938. The third-order valence-corrected chi connectivity index (χ3v) is 6.11. The Hall–Kier alpha value is -0.810. The molecular formula is C16H27N3O2. The van der Waals surface area contributed by atoms with E-state index in [0.717, 1.165) is 44.9 Å². The highest BCUT2D eigenvalue weighted by Gasteiger charge is 2.53. The van der Waals surface area contributed by atoms with Gasteiger partial charge in [0.2, 0.25) is 0 Å². The number of hydrogen-bond acceptors (Lipinski definition) is 3. The van der Waals surface area contributed by atoms with Crippen LogP contribution in [0.1, 0.15) is 32.1 Å². The van der Waals surface area contributed by atoms with Crippen LogP contribution < -0.4 is 5.32 Å². The minimum Gasteiger partial charge on any atom is -0.393 e. The van der Waals surface area contributed by atoms with Crippen LogP contribution in [0.15, 0.2) is 4.99 Å². The average molecular weight is 293 g/mol. The molecule has 21 heavy (non-hydrogen) atoms.